The smallest absolute Gasteiger partial charge is 0.137 e. The van der Waals surface area contributed by atoms with Gasteiger partial charge in [-0.3, -0.25) is 4.98 Å². The van der Waals surface area contributed by atoms with Gasteiger partial charge in [-0.05, 0) is 30.3 Å². The second-order valence-corrected chi connectivity index (χ2v) is 5.19. The summed E-state index contributed by atoms with van der Waals surface area (Å²) in [4.78, 5) is 5.65. The van der Waals surface area contributed by atoms with Gasteiger partial charge in [-0.15, -0.1) is 0 Å². The summed E-state index contributed by atoms with van der Waals surface area (Å²) in [5.41, 5.74) is 6.61. The van der Waals surface area contributed by atoms with E-state index in [-0.39, 0.29) is 5.82 Å². The second-order valence-electron chi connectivity index (χ2n) is 4.11. The molecule has 0 fully saturated rings. The van der Waals surface area contributed by atoms with Gasteiger partial charge in [0.05, 0.1) is 0 Å². The highest BCUT2D eigenvalue weighted by atomic mass is 32.2. The van der Waals surface area contributed by atoms with Crippen LogP contribution in [0.3, 0.4) is 0 Å². The van der Waals surface area contributed by atoms with Crippen molar-refractivity contribution in [2.45, 2.75) is 9.79 Å². The van der Waals surface area contributed by atoms with E-state index >= 15 is 0 Å². The fourth-order valence-corrected chi connectivity index (χ4v) is 2.89. The molecule has 2 N–H and O–H groups in total. The molecule has 0 aliphatic rings. The Hall–Kier alpha value is -2.07. The summed E-state index contributed by atoms with van der Waals surface area (Å²) in [6.45, 7) is 0. The van der Waals surface area contributed by atoms with E-state index in [0.717, 1.165) is 15.7 Å². The average molecular weight is 270 g/mol. The molecule has 1 aromatic heterocycles. The van der Waals surface area contributed by atoms with Crippen molar-refractivity contribution in [3.63, 3.8) is 0 Å². The molecule has 0 aliphatic heterocycles. The fourth-order valence-electron chi connectivity index (χ4n) is 1.92. The van der Waals surface area contributed by atoms with Crippen molar-refractivity contribution in [2.75, 3.05) is 5.73 Å². The van der Waals surface area contributed by atoms with Crippen molar-refractivity contribution < 1.29 is 4.39 Å². The minimum atomic E-state index is -0.216. The lowest BCUT2D eigenvalue weighted by molar-refractivity contribution is 0.602. The Kier molecular flexibility index (Phi) is 3.09. The highest BCUT2D eigenvalue weighted by Crippen LogP contribution is 2.36. The molecule has 94 valence electrons. The fraction of sp³-hybridized carbons (Fsp3) is 0. The van der Waals surface area contributed by atoms with E-state index in [0.29, 0.717) is 10.6 Å². The molecule has 0 aliphatic carbocycles. The van der Waals surface area contributed by atoms with E-state index in [4.69, 9.17) is 5.73 Å². The summed E-state index contributed by atoms with van der Waals surface area (Å²) in [5.74, 6) is -0.216. The van der Waals surface area contributed by atoms with Gasteiger partial charge in [-0.25, -0.2) is 4.39 Å². The first-order valence-corrected chi connectivity index (χ1v) is 6.62. The molecule has 0 spiro atoms. The van der Waals surface area contributed by atoms with E-state index in [2.05, 4.69) is 4.98 Å². The highest BCUT2D eigenvalue weighted by Gasteiger charge is 2.08. The zero-order valence-corrected chi connectivity index (χ0v) is 10.8. The first kappa shape index (κ1) is 12.0. The number of halogens is 1. The molecular formula is C15H11FN2S. The highest BCUT2D eigenvalue weighted by molar-refractivity contribution is 7.99. The molecule has 2 nitrogen and oxygen atoms in total. The summed E-state index contributed by atoms with van der Waals surface area (Å²) >= 11 is 1.39. The predicted molar refractivity (Wildman–Crippen MR) is 76.7 cm³/mol. The Morgan fingerprint density at radius 2 is 1.79 bits per heavy atom. The van der Waals surface area contributed by atoms with Crippen LogP contribution in [-0.4, -0.2) is 4.98 Å². The van der Waals surface area contributed by atoms with Crippen molar-refractivity contribution in [1.29, 1.82) is 0 Å². The predicted octanol–water partition coefficient (Wildman–Crippen LogP) is 4.11. The summed E-state index contributed by atoms with van der Waals surface area (Å²) < 4.78 is 13.7. The number of rotatable bonds is 2. The molecule has 19 heavy (non-hydrogen) atoms. The minimum absolute atomic E-state index is 0.216. The summed E-state index contributed by atoms with van der Waals surface area (Å²) in [5, 5.41) is 1.88. The van der Waals surface area contributed by atoms with Crippen LogP contribution in [0.4, 0.5) is 10.1 Å². The number of aromatic nitrogens is 1. The standard InChI is InChI=1S/C15H11FN2S/c16-12-3-1-2-4-15(12)19-14-6-5-13(17)11-9-18-8-7-10(11)14/h1-9H,17H2. The number of hydrogen-bond acceptors (Lipinski definition) is 3. The van der Waals surface area contributed by atoms with Gasteiger partial charge < -0.3 is 5.73 Å². The van der Waals surface area contributed by atoms with Crippen LogP contribution in [0.1, 0.15) is 0 Å². The zero-order valence-electron chi connectivity index (χ0n) is 10.0. The maximum Gasteiger partial charge on any atom is 0.137 e. The third-order valence-corrected chi connectivity index (χ3v) is 4.00. The van der Waals surface area contributed by atoms with E-state index < -0.39 is 0 Å². The van der Waals surface area contributed by atoms with E-state index in [1.165, 1.54) is 17.8 Å². The Bertz CT molecular complexity index is 743. The van der Waals surface area contributed by atoms with Gasteiger partial charge in [0.15, 0.2) is 0 Å². The quantitative estimate of drug-likeness (QED) is 0.712. The van der Waals surface area contributed by atoms with Crippen LogP contribution in [0.25, 0.3) is 10.8 Å². The van der Waals surface area contributed by atoms with Crippen LogP contribution in [0, 0.1) is 5.82 Å². The SMILES string of the molecule is Nc1ccc(Sc2ccccc2F)c2ccncc12. The molecule has 3 aromatic rings. The van der Waals surface area contributed by atoms with Gasteiger partial charge in [0.2, 0.25) is 0 Å². The molecule has 0 amide bonds. The monoisotopic (exact) mass is 270 g/mol. The number of benzene rings is 2. The summed E-state index contributed by atoms with van der Waals surface area (Å²) in [6, 6.07) is 12.4. The minimum Gasteiger partial charge on any atom is -0.398 e. The number of pyridine rings is 1. The molecular weight excluding hydrogens is 259 g/mol. The first-order chi connectivity index (χ1) is 9.25. The van der Waals surface area contributed by atoms with Gasteiger partial charge in [0, 0.05) is 38.6 Å². The molecule has 0 atom stereocenters. The number of nitrogens with zero attached hydrogens (tertiary/aromatic N) is 1. The molecule has 0 saturated heterocycles. The van der Waals surface area contributed by atoms with E-state index in [1.54, 1.807) is 24.5 Å². The van der Waals surface area contributed by atoms with Gasteiger partial charge in [0.1, 0.15) is 5.82 Å². The van der Waals surface area contributed by atoms with Crippen LogP contribution in [0.2, 0.25) is 0 Å². The topological polar surface area (TPSA) is 38.9 Å². The van der Waals surface area contributed by atoms with Crippen molar-refractivity contribution in [3.05, 3.63) is 60.7 Å². The molecule has 2 aromatic carbocycles. The normalized spacial score (nSPS) is 10.8. The summed E-state index contributed by atoms with van der Waals surface area (Å²) in [7, 11) is 0. The lowest BCUT2D eigenvalue weighted by atomic mass is 10.1. The lowest BCUT2D eigenvalue weighted by Gasteiger charge is -2.08. The molecule has 0 unspecified atom stereocenters. The Labute approximate surface area is 114 Å². The molecule has 0 saturated carbocycles. The molecule has 1 heterocycles. The molecule has 3 rings (SSSR count). The van der Waals surface area contributed by atoms with Gasteiger partial charge in [0.25, 0.3) is 0 Å². The van der Waals surface area contributed by atoms with Crippen LogP contribution >= 0.6 is 11.8 Å². The first-order valence-electron chi connectivity index (χ1n) is 5.80. The van der Waals surface area contributed by atoms with E-state index in [1.807, 2.05) is 24.3 Å². The summed E-state index contributed by atoms with van der Waals surface area (Å²) in [6.07, 6.45) is 3.45. The second kappa shape index (κ2) is 4.90. The number of nitrogen functional groups attached to an aromatic ring is 1. The number of anilines is 1. The third kappa shape index (κ3) is 2.27. The van der Waals surface area contributed by atoms with Crippen LogP contribution in [0.15, 0.2) is 64.6 Å². The Morgan fingerprint density at radius 1 is 0.947 bits per heavy atom. The molecule has 0 radical (unpaired) electrons. The van der Waals surface area contributed by atoms with Crippen molar-refractivity contribution in [2.24, 2.45) is 0 Å². The number of hydrogen-bond donors (Lipinski definition) is 1. The van der Waals surface area contributed by atoms with Gasteiger partial charge in [-0.1, -0.05) is 23.9 Å². The Balaban J connectivity index is 2.12. The van der Waals surface area contributed by atoms with E-state index in [9.17, 15) is 4.39 Å². The largest absolute Gasteiger partial charge is 0.398 e. The zero-order chi connectivity index (χ0) is 13.2. The van der Waals surface area contributed by atoms with Crippen LogP contribution < -0.4 is 5.73 Å². The van der Waals surface area contributed by atoms with Gasteiger partial charge >= 0.3 is 0 Å². The van der Waals surface area contributed by atoms with Crippen molar-refractivity contribution in [1.82, 2.24) is 4.98 Å². The van der Waals surface area contributed by atoms with Crippen molar-refractivity contribution in [3.8, 4) is 0 Å². The average Bonchev–Trinajstić information content (AvgIpc) is 2.44. The van der Waals surface area contributed by atoms with Crippen LogP contribution in [0.5, 0.6) is 0 Å². The Morgan fingerprint density at radius 3 is 2.63 bits per heavy atom. The van der Waals surface area contributed by atoms with Gasteiger partial charge in [-0.2, -0.15) is 0 Å². The molecule has 0 bridgehead atoms. The molecule has 4 heteroatoms. The number of fused-ring (bicyclic) bond motifs is 1. The van der Waals surface area contributed by atoms with Crippen LogP contribution in [-0.2, 0) is 0 Å². The third-order valence-electron chi connectivity index (χ3n) is 2.87. The maximum absolute atomic E-state index is 13.7. The maximum atomic E-state index is 13.7. The van der Waals surface area contributed by atoms with Crippen molar-refractivity contribution >= 4 is 28.2 Å². The number of nitrogens with two attached hydrogens (primary N) is 1. The lowest BCUT2D eigenvalue weighted by Crippen LogP contribution is -1.89.